The number of nitrogens with zero attached hydrogens (tertiary/aromatic N) is 3. The number of halogens is 3. The lowest BCUT2D eigenvalue weighted by molar-refractivity contribution is -0.137. The van der Waals surface area contributed by atoms with Gasteiger partial charge in [0.05, 0.1) is 22.0 Å². The Morgan fingerprint density at radius 2 is 2.10 bits per heavy atom. The van der Waals surface area contributed by atoms with Gasteiger partial charge in [-0.3, -0.25) is 15.1 Å². The van der Waals surface area contributed by atoms with Crippen LogP contribution in [0.4, 0.5) is 18.3 Å². The summed E-state index contributed by atoms with van der Waals surface area (Å²) in [4.78, 5) is 23.6. The van der Waals surface area contributed by atoms with Crippen molar-refractivity contribution >= 4 is 44.1 Å². The maximum absolute atomic E-state index is 12.6. The molecule has 0 spiro atoms. The monoisotopic (exact) mass is 330 g/mol. The van der Waals surface area contributed by atoms with Crippen LogP contribution in [-0.4, -0.2) is 20.9 Å². The lowest BCUT2D eigenvalue weighted by Crippen LogP contribution is -2.09. The van der Waals surface area contributed by atoms with Gasteiger partial charge in [-0.2, -0.15) is 18.2 Å². The number of amides is 1. The summed E-state index contributed by atoms with van der Waals surface area (Å²) in [6, 6.07) is 0.961. The van der Waals surface area contributed by atoms with Gasteiger partial charge >= 0.3 is 6.18 Å². The minimum Gasteiger partial charge on any atom is -0.297 e. The van der Waals surface area contributed by atoms with Crippen molar-refractivity contribution in [3.8, 4) is 0 Å². The number of thiazole rings is 2. The van der Waals surface area contributed by atoms with E-state index in [1.807, 2.05) is 0 Å². The number of carbonyl (C=O) groups is 1. The molecule has 21 heavy (non-hydrogen) atoms. The zero-order valence-corrected chi connectivity index (χ0v) is 11.6. The largest absolute Gasteiger partial charge is 0.417 e. The summed E-state index contributed by atoms with van der Waals surface area (Å²) in [6.07, 6.45) is -2.35. The van der Waals surface area contributed by atoms with Gasteiger partial charge in [0.15, 0.2) is 10.8 Å². The third-order valence-corrected chi connectivity index (χ3v) is 4.13. The highest BCUT2D eigenvalue weighted by Crippen LogP contribution is 2.33. The zero-order chi connectivity index (χ0) is 15.0. The molecule has 3 aromatic heterocycles. The van der Waals surface area contributed by atoms with Crippen molar-refractivity contribution in [3.05, 3.63) is 34.4 Å². The lowest BCUT2D eigenvalue weighted by Gasteiger charge is -2.04. The summed E-state index contributed by atoms with van der Waals surface area (Å²) in [6.45, 7) is 0. The molecular weight excluding hydrogens is 325 g/mol. The molecule has 10 heteroatoms. The average molecular weight is 330 g/mol. The molecule has 1 amide bonds. The number of hydrogen-bond donors (Lipinski definition) is 1. The molecule has 3 heterocycles. The van der Waals surface area contributed by atoms with Crippen molar-refractivity contribution in [3.63, 3.8) is 0 Å². The first-order valence-corrected chi connectivity index (χ1v) is 7.17. The number of rotatable bonds is 2. The van der Waals surface area contributed by atoms with Crippen LogP contribution in [0.3, 0.4) is 0 Å². The van der Waals surface area contributed by atoms with Crippen molar-refractivity contribution in [1.82, 2.24) is 15.0 Å². The third kappa shape index (κ3) is 2.85. The van der Waals surface area contributed by atoms with Gasteiger partial charge < -0.3 is 0 Å². The van der Waals surface area contributed by atoms with Crippen LogP contribution < -0.4 is 5.32 Å². The summed E-state index contributed by atoms with van der Waals surface area (Å²) >= 11 is 2.08. The molecule has 0 unspecified atom stereocenters. The van der Waals surface area contributed by atoms with Crippen LogP contribution in [0.5, 0.6) is 0 Å². The van der Waals surface area contributed by atoms with Crippen LogP contribution in [0.1, 0.15) is 15.2 Å². The molecule has 0 saturated carbocycles. The van der Waals surface area contributed by atoms with E-state index in [-0.39, 0.29) is 15.5 Å². The Hall–Kier alpha value is -2.07. The second-order valence-electron chi connectivity index (χ2n) is 3.88. The number of alkyl halides is 3. The van der Waals surface area contributed by atoms with Crippen molar-refractivity contribution in [2.24, 2.45) is 0 Å². The fraction of sp³-hybridized carbons (Fsp3) is 0.0909. The third-order valence-electron chi connectivity index (χ3n) is 2.45. The van der Waals surface area contributed by atoms with Crippen LogP contribution in [0.15, 0.2) is 24.0 Å². The summed E-state index contributed by atoms with van der Waals surface area (Å²) in [5.41, 5.74) is 0.816. The van der Waals surface area contributed by atoms with Gasteiger partial charge in [-0.1, -0.05) is 11.3 Å². The number of pyridine rings is 1. The van der Waals surface area contributed by atoms with Crippen molar-refractivity contribution < 1.29 is 18.0 Å². The highest BCUT2D eigenvalue weighted by Gasteiger charge is 2.31. The molecule has 0 atom stereocenters. The van der Waals surface area contributed by atoms with Gasteiger partial charge in [0.25, 0.3) is 5.91 Å². The summed E-state index contributed by atoms with van der Waals surface area (Å²) in [7, 11) is 0. The van der Waals surface area contributed by atoms with E-state index in [0.29, 0.717) is 4.88 Å². The molecule has 0 aliphatic rings. The smallest absolute Gasteiger partial charge is 0.297 e. The highest BCUT2D eigenvalue weighted by atomic mass is 32.1. The molecule has 0 aliphatic carbocycles. The second kappa shape index (κ2) is 5.04. The van der Waals surface area contributed by atoms with Crippen LogP contribution in [0.2, 0.25) is 0 Å². The molecule has 0 saturated heterocycles. The van der Waals surface area contributed by atoms with Crippen LogP contribution in [0.25, 0.3) is 10.3 Å². The van der Waals surface area contributed by atoms with E-state index in [4.69, 9.17) is 0 Å². The van der Waals surface area contributed by atoms with E-state index in [2.05, 4.69) is 20.3 Å². The summed E-state index contributed by atoms with van der Waals surface area (Å²) in [5.74, 6) is -0.410. The van der Waals surface area contributed by atoms with Gasteiger partial charge in [0, 0.05) is 6.20 Å². The van der Waals surface area contributed by atoms with E-state index >= 15 is 0 Å². The Labute approximate surface area is 123 Å². The van der Waals surface area contributed by atoms with Crippen LogP contribution in [0, 0.1) is 0 Å². The molecule has 5 nitrogen and oxygen atoms in total. The van der Waals surface area contributed by atoms with E-state index in [9.17, 15) is 18.0 Å². The quantitative estimate of drug-likeness (QED) is 0.782. The maximum Gasteiger partial charge on any atom is 0.417 e. The average Bonchev–Trinajstić information content (AvgIpc) is 3.05. The zero-order valence-electron chi connectivity index (χ0n) is 10.0. The van der Waals surface area contributed by atoms with Gasteiger partial charge in [0.1, 0.15) is 4.88 Å². The number of fused-ring (bicyclic) bond motifs is 1. The molecular formula is C11H5F3N4OS2. The Balaban J connectivity index is 1.89. The predicted octanol–water partition coefficient (Wildman–Crippen LogP) is 3.42. The maximum atomic E-state index is 12.6. The first-order chi connectivity index (χ1) is 9.93. The highest BCUT2D eigenvalue weighted by molar-refractivity contribution is 7.22. The van der Waals surface area contributed by atoms with Crippen molar-refractivity contribution in [2.75, 3.05) is 5.32 Å². The first-order valence-electron chi connectivity index (χ1n) is 5.47. The number of anilines is 1. The molecule has 0 aliphatic heterocycles. The van der Waals surface area contributed by atoms with E-state index in [1.54, 1.807) is 0 Å². The number of hydrogen-bond acceptors (Lipinski definition) is 6. The molecule has 3 aromatic rings. The Morgan fingerprint density at radius 3 is 2.76 bits per heavy atom. The van der Waals surface area contributed by atoms with Gasteiger partial charge in [-0.25, -0.2) is 4.98 Å². The molecule has 0 radical (unpaired) electrons. The summed E-state index contributed by atoms with van der Waals surface area (Å²) < 4.78 is 38.0. The Kier molecular flexibility index (Phi) is 3.33. The number of carbonyl (C=O) groups excluding carboxylic acids is 1. The molecule has 0 bridgehead atoms. The van der Waals surface area contributed by atoms with E-state index < -0.39 is 17.6 Å². The van der Waals surface area contributed by atoms with Gasteiger partial charge in [-0.15, -0.1) is 11.3 Å². The second-order valence-corrected chi connectivity index (χ2v) is 5.80. The molecule has 3 rings (SSSR count). The summed E-state index contributed by atoms with van der Waals surface area (Å²) in [5, 5.41) is 2.70. The number of aromatic nitrogens is 3. The fourth-order valence-electron chi connectivity index (χ4n) is 1.51. The van der Waals surface area contributed by atoms with Crippen LogP contribution in [-0.2, 0) is 6.18 Å². The van der Waals surface area contributed by atoms with E-state index in [1.165, 1.54) is 11.7 Å². The van der Waals surface area contributed by atoms with Crippen molar-refractivity contribution in [1.29, 1.82) is 0 Å². The fourth-order valence-corrected chi connectivity index (χ4v) is 2.89. The van der Waals surface area contributed by atoms with Gasteiger partial charge in [0.2, 0.25) is 0 Å². The lowest BCUT2D eigenvalue weighted by atomic mass is 10.3. The van der Waals surface area contributed by atoms with Crippen molar-refractivity contribution in [2.45, 2.75) is 6.18 Å². The molecule has 108 valence electrons. The Bertz CT molecular complexity index is 798. The normalized spacial score (nSPS) is 11.8. The topological polar surface area (TPSA) is 67.8 Å². The minimum atomic E-state index is -4.46. The first kappa shape index (κ1) is 13.9. The molecule has 0 aromatic carbocycles. The number of nitrogens with one attached hydrogen (secondary N) is 1. The van der Waals surface area contributed by atoms with Crippen LogP contribution >= 0.6 is 22.7 Å². The predicted molar refractivity (Wildman–Crippen MR) is 72.5 cm³/mol. The molecule has 1 N–H and O–H groups in total. The standard InChI is InChI=1S/C11H5F3N4OS2/c12-11(13,14)5-1-6-8(16-2-5)17-10(21-6)18-9(19)7-3-15-4-20-7/h1-4H,(H,16,17,18,19). The Morgan fingerprint density at radius 1 is 1.29 bits per heavy atom. The minimum absolute atomic E-state index is 0.160. The SMILES string of the molecule is O=C(Nc1nc2ncc(C(F)(F)F)cc2s1)c1cncs1. The van der Waals surface area contributed by atoms with Gasteiger partial charge in [-0.05, 0) is 6.07 Å². The van der Waals surface area contributed by atoms with E-state index in [0.717, 1.165) is 34.9 Å². The molecule has 0 fully saturated rings.